The van der Waals surface area contributed by atoms with E-state index in [1.165, 1.54) is 0 Å². The summed E-state index contributed by atoms with van der Waals surface area (Å²) in [7, 11) is 1.67. The maximum Gasteiger partial charge on any atom is 0.190 e. The molecule has 1 aromatic carbocycles. The second-order valence-electron chi connectivity index (χ2n) is 4.82. The van der Waals surface area contributed by atoms with Crippen LogP contribution in [0.25, 0.3) is 0 Å². The van der Waals surface area contributed by atoms with Crippen molar-refractivity contribution in [1.82, 2.24) is 4.98 Å². The minimum absolute atomic E-state index is 0.488. The van der Waals surface area contributed by atoms with Crippen LogP contribution >= 0.6 is 11.3 Å². The number of methoxy groups -OCH3 is 1. The summed E-state index contributed by atoms with van der Waals surface area (Å²) in [6.45, 7) is 2.60. The van der Waals surface area contributed by atoms with E-state index in [0.29, 0.717) is 13.2 Å². The van der Waals surface area contributed by atoms with Crippen LogP contribution in [0, 0.1) is 0 Å². The molecule has 0 saturated heterocycles. The van der Waals surface area contributed by atoms with Crippen LogP contribution in [0.5, 0.6) is 5.75 Å². The average molecular weight is 305 g/mol. The largest absolute Gasteiger partial charge is 0.491 e. The molecule has 1 aromatic heterocycles. The first-order valence-corrected chi connectivity index (χ1v) is 7.82. The molecule has 3 rings (SSSR count). The molecule has 2 heterocycles. The molecule has 21 heavy (non-hydrogen) atoms. The average Bonchev–Trinajstić information content (AvgIpc) is 2.78. The van der Waals surface area contributed by atoms with Gasteiger partial charge in [0.25, 0.3) is 0 Å². The number of aromatic nitrogens is 1. The monoisotopic (exact) mass is 305 g/mol. The van der Waals surface area contributed by atoms with Crippen LogP contribution in [0.15, 0.2) is 24.3 Å². The normalized spacial score (nSPS) is 14.5. The van der Waals surface area contributed by atoms with Gasteiger partial charge in [0.2, 0.25) is 0 Å². The molecule has 0 radical (unpaired) electrons. The number of ether oxygens (including phenoxy) is 2. The predicted molar refractivity (Wildman–Crippen MR) is 84.3 cm³/mol. The third-order valence-electron chi connectivity index (χ3n) is 3.40. The minimum Gasteiger partial charge on any atom is -0.491 e. The van der Waals surface area contributed by atoms with E-state index in [1.54, 1.807) is 18.4 Å². The van der Waals surface area contributed by atoms with Crippen LogP contribution in [0.1, 0.15) is 17.0 Å². The van der Waals surface area contributed by atoms with Crippen molar-refractivity contribution < 1.29 is 9.47 Å². The second kappa shape index (κ2) is 6.43. The number of fused-ring (bicyclic) bond motifs is 1. The van der Waals surface area contributed by atoms with Gasteiger partial charge in [0.15, 0.2) is 5.13 Å². The zero-order valence-electron chi connectivity index (χ0n) is 12.0. The van der Waals surface area contributed by atoms with E-state index >= 15 is 0 Å². The first kappa shape index (κ1) is 14.3. The maximum absolute atomic E-state index is 5.82. The molecule has 0 amide bonds. The molecule has 0 spiro atoms. The number of nitrogens with zero attached hydrogens (tertiary/aromatic N) is 2. The SMILES string of the molecule is COCc1nc(N2CCCOc3ccccc32)sc1CN. The number of rotatable bonds is 4. The van der Waals surface area contributed by atoms with Crippen molar-refractivity contribution >= 4 is 22.2 Å². The lowest BCUT2D eigenvalue weighted by Gasteiger charge is -2.20. The number of nitrogens with two attached hydrogens (primary N) is 1. The van der Waals surface area contributed by atoms with Crippen LogP contribution < -0.4 is 15.4 Å². The summed E-state index contributed by atoms with van der Waals surface area (Å²) < 4.78 is 11.0. The number of para-hydroxylation sites is 2. The quantitative estimate of drug-likeness (QED) is 0.941. The molecule has 2 aromatic rings. The van der Waals surface area contributed by atoms with Crippen molar-refractivity contribution in [2.45, 2.75) is 19.6 Å². The minimum atomic E-state index is 0.488. The molecule has 1 aliphatic rings. The molecule has 0 fully saturated rings. The topological polar surface area (TPSA) is 60.6 Å². The van der Waals surface area contributed by atoms with Gasteiger partial charge in [-0.05, 0) is 18.6 Å². The Balaban J connectivity index is 1.99. The first-order chi connectivity index (χ1) is 10.3. The lowest BCUT2D eigenvalue weighted by Crippen LogP contribution is -2.17. The van der Waals surface area contributed by atoms with E-state index in [-0.39, 0.29) is 0 Å². The van der Waals surface area contributed by atoms with E-state index in [4.69, 9.17) is 20.2 Å². The fourth-order valence-electron chi connectivity index (χ4n) is 2.42. The van der Waals surface area contributed by atoms with Gasteiger partial charge in [0.05, 0.1) is 24.6 Å². The van der Waals surface area contributed by atoms with Gasteiger partial charge < -0.3 is 20.1 Å². The fourth-order valence-corrected chi connectivity index (χ4v) is 3.40. The highest BCUT2D eigenvalue weighted by atomic mass is 32.1. The van der Waals surface area contributed by atoms with Gasteiger partial charge in [-0.2, -0.15) is 0 Å². The van der Waals surface area contributed by atoms with E-state index in [0.717, 1.165) is 46.7 Å². The smallest absolute Gasteiger partial charge is 0.190 e. The van der Waals surface area contributed by atoms with Crippen LogP contribution in [-0.2, 0) is 17.9 Å². The van der Waals surface area contributed by atoms with E-state index in [1.807, 2.05) is 18.2 Å². The Bertz CT molecular complexity index is 615. The Morgan fingerprint density at radius 3 is 3.10 bits per heavy atom. The Labute approximate surface area is 128 Å². The van der Waals surface area contributed by atoms with Crippen molar-refractivity contribution in [2.75, 3.05) is 25.2 Å². The molecule has 112 valence electrons. The Kier molecular flexibility index (Phi) is 4.38. The highest BCUT2D eigenvalue weighted by molar-refractivity contribution is 7.15. The summed E-state index contributed by atoms with van der Waals surface area (Å²) in [6, 6.07) is 8.08. The van der Waals surface area contributed by atoms with Gasteiger partial charge in [-0.15, -0.1) is 0 Å². The van der Waals surface area contributed by atoms with Gasteiger partial charge in [-0.3, -0.25) is 0 Å². The molecular weight excluding hydrogens is 286 g/mol. The van der Waals surface area contributed by atoms with Crippen molar-refractivity contribution in [3.8, 4) is 5.75 Å². The second-order valence-corrected chi connectivity index (χ2v) is 5.89. The molecule has 0 atom stereocenters. The summed E-state index contributed by atoms with van der Waals surface area (Å²) in [5, 5.41) is 0.959. The Hall–Kier alpha value is -1.63. The van der Waals surface area contributed by atoms with E-state index in [2.05, 4.69) is 11.0 Å². The van der Waals surface area contributed by atoms with Crippen LogP contribution in [-0.4, -0.2) is 25.2 Å². The highest BCUT2D eigenvalue weighted by Crippen LogP contribution is 2.38. The summed E-state index contributed by atoms with van der Waals surface area (Å²) in [4.78, 5) is 8.01. The third-order valence-corrected chi connectivity index (χ3v) is 4.55. The Morgan fingerprint density at radius 1 is 1.43 bits per heavy atom. The van der Waals surface area contributed by atoms with Crippen molar-refractivity contribution in [3.63, 3.8) is 0 Å². The number of hydrogen-bond donors (Lipinski definition) is 1. The van der Waals surface area contributed by atoms with Crippen LogP contribution in [0.3, 0.4) is 0 Å². The van der Waals surface area contributed by atoms with Gasteiger partial charge in [0, 0.05) is 25.1 Å². The zero-order chi connectivity index (χ0) is 14.7. The maximum atomic E-state index is 5.82. The third kappa shape index (κ3) is 2.88. The van der Waals surface area contributed by atoms with Gasteiger partial charge >= 0.3 is 0 Å². The Morgan fingerprint density at radius 2 is 2.29 bits per heavy atom. The summed E-state index contributed by atoms with van der Waals surface area (Å²) in [6.07, 6.45) is 0.964. The van der Waals surface area contributed by atoms with Gasteiger partial charge in [-0.25, -0.2) is 4.98 Å². The molecule has 0 aliphatic carbocycles. The number of anilines is 2. The fraction of sp³-hybridized carbons (Fsp3) is 0.400. The zero-order valence-corrected chi connectivity index (χ0v) is 12.9. The molecule has 1 aliphatic heterocycles. The van der Waals surface area contributed by atoms with E-state index < -0.39 is 0 Å². The summed E-state index contributed by atoms with van der Waals surface area (Å²) in [5.41, 5.74) is 7.82. The lowest BCUT2D eigenvalue weighted by atomic mass is 10.2. The number of thiazole rings is 1. The van der Waals surface area contributed by atoms with Gasteiger partial charge in [0.1, 0.15) is 5.75 Å². The molecular formula is C15H19N3O2S. The van der Waals surface area contributed by atoms with Gasteiger partial charge in [-0.1, -0.05) is 23.5 Å². The van der Waals surface area contributed by atoms with Crippen molar-refractivity contribution in [2.24, 2.45) is 5.73 Å². The standard InChI is InChI=1S/C15H19N3O2S/c1-19-10-11-14(9-16)21-15(17-11)18-7-4-8-20-13-6-3-2-5-12(13)18/h2-3,5-6H,4,7-10,16H2,1H3. The van der Waals surface area contributed by atoms with Crippen LogP contribution in [0.4, 0.5) is 10.8 Å². The predicted octanol–water partition coefficient (Wildman–Crippen LogP) is 2.67. The molecule has 2 N–H and O–H groups in total. The number of benzene rings is 1. The summed E-state index contributed by atoms with van der Waals surface area (Å²) >= 11 is 1.63. The van der Waals surface area contributed by atoms with E-state index in [9.17, 15) is 0 Å². The van der Waals surface area contributed by atoms with Crippen LogP contribution in [0.2, 0.25) is 0 Å². The first-order valence-electron chi connectivity index (χ1n) is 7.00. The van der Waals surface area contributed by atoms with Crippen molar-refractivity contribution in [1.29, 1.82) is 0 Å². The molecule has 5 nitrogen and oxygen atoms in total. The molecule has 6 heteroatoms. The molecule has 0 unspecified atom stereocenters. The molecule has 0 bridgehead atoms. The van der Waals surface area contributed by atoms with Crippen molar-refractivity contribution in [3.05, 3.63) is 34.8 Å². The lowest BCUT2D eigenvalue weighted by molar-refractivity contribution is 0.181. The highest BCUT2D eigenvalue weighted by Gasteiger charge is 2.21. The summed E-state index contributed by atoms with van der Waals surface area (Å²) in [5.74, 6) is 0.910. The number of hydrogen-bond acceptors (Lipinski definition) is 6. The molecule has 0 saturated carbocycles.